The molecule has 0 saturated heterocycles. The standard InChI is InChI=1S/C12H16N2S.C4H6O6/c1-10-6-9-15-11(10)4-5-12-13-7-3-8-14(12)2;5-1(3(7)8)2(6)4(9)10/h4-6,9H,3,7-8H2,1-2H3;1-2,5-6H,(H,7,8)(H,9,10)/b5-4+;/t;1-,2-/m.0/s1. The Labute approximate surface area is 149 Å². The molecule has 0 aliphatic carbocycles. The van der Waals surface area contributed by atoms with Gasteiger partial charge in [-0.2, -0.15) is 0 Å². The molecule has 0 bridgehead atoms. The number of hydrogen-bond acceptors (Lipinski definition) is 7. The number of aliphatic imine (C=N–C) groups is 1. The summed E-state index contributed by atoms with van der Waals surface area (Å²) in [4.78, 5) is 27.6. The van der Waals surface area contributed by atoms with Gasteiger partial charge in [0.15, 0.2) is 12.2 Å². The van der Waals surface area contributed by atoms with Crippen LogP contribution in [0.4, 0.5) is 0 Å². The number of aliphatic carboxylic acids is 2. The Morgan fingerprint density at radius 2 is 1.84 bits per heavy atom. The van der Waals surface area contributed by atoms with Crippen LogP contribution in [0.2, 0.25) is 0 Å². The zero-order valence-electron chi connectivity index (χ0n) is 14.0. The third kappa shape index (κ3) is 6.65. The van der Waals surface area contributed by atoms with E-state index >= 15 is 0 Å². The summed E-state index contributed by atoms with van der Waals surface area (Å²) in [6, 6.07) is 2.15. The van der Waals surface area contributed by atoms with Crippen molar-refractivity contribution in [3.63, 3.8) is 0 Å². The van der Waals surface area contributed by atoms with Crippen molar-refractivity contribution in [2.24, 2.45) is 4.99 Å². The van der Waals surface area contributed by atoms with E-state index in [1.54, 1.807) is 11.3 Å². The summed E-state index contributed by atoms with van der Waals surface area (Å²) in [5, 5.41) is 34.7. The Kier molecular flexibility index (Phi) is 8.26. The highest BCUT2D eigenvalue weighted by molar-refractivity contribution is 7.11. The second-order valence-corrected chi connectivity index (χ2v) is 6.33. The van der Waals surface area contributed by atoms with E-state index in [4.69, 9.17) is 20.4 Å². The lowest BCUT2D eigenvalue weighted by Gasteiger charge is -2.22. The number of aliphatic hydroxyl groups is 2. The van der Waals surface area contributed by atoms with E-state index in [1.165, 1.54) is 16.9 Å². The maximum absolute atomic E-state index is 9.77. The molecule has 0 saturated carbocycles. The normalized spacial score (nSPS) is 16.6. The molecule has 2 rings (SSSR count). The Bertz CT molecular complexity index is 637. The lowest BCUT2D eigenvalue weighted by Crippen LogP contribution is -2.39. The fraction of sp³-hybridized carbons (Fsp3) is 0.438. The molecule has 138 valence electrons. The molecule has 0 amide bonds. The van der Waals surface area contributed by atoms with Crippen LogP contribution in [0, 0.1) is 6.92 Å². The molecule has 2 heterocycles. The van der Waals surface area contributed by atoms with E-state index in [9.17, 15) is 9.59 Å². The van der Waals surface area contributed by atoms with Crippen LogP contribution in [0.3, 0.4) is 0 Å². The van der Waals surface area contributed by atoms with Gasteiger partial charge >= 0.3 is 11.9 Å². The van der Waals surface area contributed by atoms with Gasteiger partial charge in [0, 0.05) is 25.0 Å². The number of rotatable bonds is 5. The molecule has 2 atom stereocenters. The molecule has 9 heteroatoms. The summed E-state index contributed by atoms with van der Waals surface area (Å²) in [5.74, 6) is -2.43. The van der Waals surface area contributed by atoms with Crippen molar-refractivity contribution < 1.29 is 30.0 Å². The largest absolute Gasteiger partial charge is 0.479 e. The molecular formula is C16H22N2O6S. The fourth-order valence-electron chi connectivity index (χ4n) is 1.89. The molecular weight excluding hydrogens is 348 g/mol. The van der Waals surface area contributed by atoms with Crippen molar-refractivity contribution in [1.82, 2.24) is 4.90 Å². The van der Waals surface area contributed by atoms with Crippen molar-refractivity contribution in [2.75, 3.05) is 20.1 Å². The number of aryl methyl sites for hydroxylation is 1. The summed E-state index contributed by atoms with van der Waals surface area (Å²) in [6.45, 7) is 4.22. The van der Waals surface area contributed by atoms with Gasteiger partial charge in [0.2, 0.25) is 0 Å². The number of nitrogens with zero attached hydrogens (tertiary/aromatic N) is 2. The quantitative estimate of drug-likeness (QED) is 0.599. The first kappa shape index (κ1) is 20.8. The van der Waals surface area contributed by atoms with E-state index in [-0.39, 0.29) is 0 Å². The summed E-state index contributed by atoms with van der Waals surface area (Å²) in [6.07, 6.45) is 0.930. The first-order valence-corrected chi connectivity index (χ1v) is 8.41. The van der Waals surface area contributed by atoms with Crippen LogP contribution in [0.15, 0.2) is 22.5 Å². The van der Waals surface area contributed by atoms with Crippen LogP contribution in [-0.4, -0.2) is 75.4 Å². The van der Waals surface area contributed by atoms with Crippen LogP contribution in [0.1, 0.15) is 16.9 Å². The minimum absolute atomic E-state index is 0.966. The zero-order valence-corrected chi connectivity index (χ0v) is 14.8. The third-order valence-corrected chi connectivity index (χ3v) is 4.39. The molecule has 1 aliphatic rings. The lowest BCUT2D eigenvalue weighted by atomic mass is 10.2. The lowest BCUT2D eigenvalue weighted by molar-refractivity contribution is -0.165. The minimum Gasteiger partial charge on any atom is -0.479 e. The summed E-state index contributed by atoms with van der Waals surface area (Å²) < 4.78 is 0. The minimum atomic E-state index is -2.27. The van der Waals surface area contributed by atoms with Crippen molar-refractivity contribution in [3.05, 3.63) is 28.0 Å². The maximum Gasteiger partial charge on any atom is 0.335 e. The number of carboxylic acid groups (broad SMARTS) is 2. The average molecular weight is 370 g/mol. The molecule has 0 spiro atoms. The molecule has 4 N–H and O–H groups in total. The van der Waals surface area contributed by atoms with Crippen LogP contribution in [0.5, 0.6) is 0 Å². The predicted molar refractivity (Wildman–Crippen MR) is 94.9 cm³/mol. The SMILES string of the molecule is Cc1ccsc1/C=C/C1=NCCCN1C.O=C(O)[C@@H](O)[C@H](O)C(=O)O. The highest BCUT2D eigenvalue weighted by Gasteiger charge is 2.29. The predicted octanol–water partition coefficient (Wildman–Crippen LogP) is 0.681. The number of thiophene rings is 1. The Morgan fingerprint density at radius 1 is 1.24 bits per heavy atom. The van der Waals surface area contributed by atoms with Gasteiger partial charge in [-0.1, -0.05) is 0 Å². The maximum atomic E-state index is 9.77. The monoisotopic (exact) mass is 370 g/mol. The second-order valence-electron chi connectivity index (χ2n) is 5.38. The van der Waals surface area contributed by atoms with Crippen molar-refractivity contribution >= 4 is 35.2 Å². The van der Waals surface area contributed by atoms with Crippen LogP contribution < -0.4 is 0 Å². The smallest absolute Gasteiger partial charge is 0.335 e. The van der Waals surface area contributed by atoms with Gasteiger partial charge in [0.1, 0.15) is 5.84 Å². The van der Waals surface area contributed by atoms with Gasteiger partial charge in [0.05, 0.1) is 0 Å². The number of amidine groups is 1. The van der Waals surface area contributed by atoms with E-state index in [2.05, 4.69) is 47.5 Å². The van der Waals surface area contributed by atoms with Crippen molar-refractivity contribution in [3.8, 4) is 0 Å². The molecule has 1 aliphatic heterocycles. The van der Waals surface area contributed by atoms with Gasteiger partial charge < -0.3 is 25.3 Å². The Balaban J connectivity index is 0.000000275. The summed E-state index contributed by atoms with van der Waals surface area (Å²) in [7, 11) is 2.10. The highest BCUT2D eigenvalue weighted by atomic mass is 32.1. The summed E-state index contributed by atoms with van der Waals surface area (Å²) in [5.41, 5.74) is 1.34. The van der Waals surface area contributed by atoms with E-state index < -0.39 is 24.1 Å². The topological polar surface area (TPSA) is 131 Å². The molecule has 8 nitrogen and oxygen atoms in total. The molecule has 1 aromatic heterocycles. The second kappa shape index (κ2) is 9.92. The van der Waals surface area contributed by atoms with Crippen molar-refractivity contribution in [2.45, 2.75) is 25.6 Å². The number of carbonyl (C=O) groups is 2. The highest BCUT2D eigenvalue weighted by Crippen LogP contribution is 2.17. The molecule has 0 fully saturated rings. The van der Waals surface area contributed by atoms with Gasteiger partial charge in [-0.15, -0.1) is 11.3 Å². The number of hydrogen-bond donors (Lipinski definition) is 4. The average Bonchev–Trinajstić information content (AvgIpc) is 2.98. The van der Waals surface area contributed by atoms with E-state index in [0.717, 1.165) is 18.9 Å². The first-order chi connectivity index (χ1) is 11.7. The van der Waals surface area contributed by atoms with Crippen LogP contribution >= 0.6 is 11.3 Å². The van der Waals surface area contributed by atoms with E-state index in [1.807, 2.05) is 0 Å². The molecule has 0 radical (unpaired) electrons. The molecule has 0 unspecified atom stereocenters. The number of carboxylic acids is 2. The fourth-order valence-corrected chi connectivity index (χ4v) is 2.71. The van der Waals surface area contributed by atoms with Gasteiger partial charge in [-0.25, -0.2) is 9.59 Å². The van der Waals surface area contributed by atoms with Gasteiger partial charge in [-0.05, 0) is 42.5 Å². The van der Waals surface area contributed by atoms with E-state index in [0.29, 0.717) is 0 Å². The number of likely N-dealkylation sites (N-methyl/N-ethyl adjacent to an activating group) is 1. The third-order valence-electron chi connectivity index (χ3n) is 3.41. The van der Waals surface area contributed by atoms with Crippen molar-refractivity contribution in [1.29, 1.82) is 0 Å². The Hall–Kier alpha value is -2.23. The van der Waals surface area contributed by atoms with Gasteiger partial charge in [0.25, 0.3) is 0 Å². The molecule has 0 aromatic carbocycles. The zero-order chi connectivity index (χ0) is 19.0. The Morgan fingerprint density at radius 3 is 2.28 bits per heavy atom. The van der Waals surface area contributed by atoms with Crippen LogP contribution in [0.25, 0.3) is 6.08 Å². The molecule has 25 heavy (non-hydrogen) atoms. The van der Waals surface area contributed by atoms with Crippen LogP contribution in [-0.2, 0) is 9.59 Å². The first-order valence-electron chi connectivity index (χ1n) is 7.53. The van der Waals surface area contributed by atoms with Gasteiger partial charge in [-0.3, -0.25) is 4.99 Å². The number of aliphatic hydroxyl groups excluding tert-OH is 2. The summed E-state index contributed by atoms with van der Waals surface area (Å²) >= 11 is 1.78. The molecule has 1 aromatic rings.